The zero-order valence-corrected chi connectivity index (χ0v) is 14.5. The molecule has 0 saturated carbocycles. The average molecular weight is 340 g/mol. The molecule has 0 bridgehead atoms. The van der Waals surface area contributed by atoms with Crippen molar-refractivity contribution in [2.45, 2.75) is 32.1 Å². The van der Waals surface area contributed by atoms with E-state index >= 15 is 0 Å². The number of nitrogens with zero attached hydrogens (tertiary/aromatic N) is 1. The molecule has 0 spiro atoms. The first kappa shape index (κ1) is 15.7. The number of hydrogen-bond acceptors (Lipinski definition) is 6. The van der Waals surface area contributed by atoms with Gasteiger partial charge in [0.05, 0.1) is 31.4 Å². The minimum atomic E-state index is -0.244. The van der Waals surface area contributed by atoms with Gasteiger partial charge in [0.25, 0.3) is 0 Å². The van der Waals surface area contributed by atoms with Crippen molar-refractivity contribution >= 4 is 11.7 Å². The molecule has 0 radical (unpaired) electrons. The molecule has 25 heavy (non-hydrogen) atoms. The van der Waals surface area contributed by atoms with Gasteiger partial charge in [-0.25, -0.2) is 0 Å². The topological polar surface area (TPSA) is 73.6 Å². The molecule has 130 valence electrons. The van der Waals surface area contributed by atoms with Crippen LogP contribution in [-0.4, -0.2) is 25.2 Å². The van der Waals surface area contributed by atoms with E-state index in [1.54, 1.807) is 14.2 Å². The molecular formula is C19H20N2O4. The van der Waals surface area contributed by atoms with E-state index < -0.39 is 0 Å². The van der Waals surface area contributed by atoms with Crippen molar-refractivity contribution in [3.05, 3.63) is 46.3 Å². The van der Waals surface area contributed by atoms with E-state index in [-0.39, 0.29) is 11.7 Å². The zero-order valence-electron chi connectivity index (χ0n) is 14.5. The van der Waals surface area contributed by atoms with E-state index in [2.05, 4.69) is 10.5 Å². The fraction of sp³-hybridized carbons (Fsp3) is 0.368. The first-order valence-corrected chi connectivity index (χ1v) is 8.35. The summed E-state index contributed by atoms with van der Waals surface area (Å²) in [6, 6.07) is 5.68. The summed E-state index contributed by atoms with van der Waals surface area (Å²) < 4.78 is 16.4. The van der Waals surface area contributed by atoms with Crippen LogP contribution in [-0.2, 0) is 4.79 Å². The summed E-state index contributed by atoms with van der Waals surface area (Å²) >= 11 is 0. The smallest absolute Gasteiger partial charge is 0.233 e. The molecule has 4 rings (SSSR count). The lowest BCUT2D eigenvalue weighted by Crippen LogP contribution is -2.26. The van der Waals surface area contributed by atoms with Gasteiger partial charge < -0.3 is 19.3 Å². The fourth-order valence-corrected chi connectivity index (χ4v) is 3.78. The Morgan fingerprint density at radius 2 is 2.08 bits per heavy atom. The SMILES string of the molecule is COc1ccc([C@H]2C3=C(CCCC3=O)Nc3onc(C)c32)c(OC)c1. The molecule has 1 aromatic heterocycles. The highest BCUT2D eigenvalue weighted by Crippen LogP contribution is 2.49. The first-order valence-electron chi connectivity index (χ1n) is 8.35. The second-order valence-electron chi connectivity index (χ2n) is 6.35. The Morgan fingerprint density at radius 3 is 2.84 bits per heavy atom. The maximum absolute atomic E-state index is 12.8. The highest BCUT2D eigenvalue weighted by Gasteiger charge is 2.39. The molecule has 0 unspecified atom stereocenters. The number of hydrogen-bond donors (Lipinski definition) is 1. The third kappa shape index (κ3) is 2.40. The van der Waals surface area contributed by atoms with E-state index in [0.717, 1.165) is 40.9 Å². The predicted molar refractivity (Wildman–Crippen MR) is 92.1 cm³/mol. The van der Waals surface area contributed by atoms with Crippen LogP contribution < -0.4 is 14.8 Å². The number of nitrogens with one attached hydrogen (secondary N) is 1. The van der Waals surface area contributed by atoms with Crippen LogP contribution in [0.1, 0.15) is 42.0 Å². The third-order valence-corrected chi connectivity index (χ3v) is 4.96. The van der Waals surface area contributed by atoms with Gasteiger partial charge in [-0.1, -0.05) is 11.2 Å². The summed E-state index contributed by atoms with van der Waals surface area (Å²) in [5.74, 6) is 1.94. The molecular weight excluding hydrogens is 320 g/mol. The van der Waals surface area contributed by atoms with Crippen molar-refractivity contribution in [3.8, 4) is 11.5 Å². The molecule has 1 N–H and O–H groups in total. The largest absolute Gasteiger partial charge is 0.497 e. The standard InChI is InChI=1S/C19H20N2O4/c1-10-16-17(12-8-7-11(23-2)9-15(12)24-3)18-13(5-4-6-14(18)22)20-19(16)25-21-10/h7-9,17,20H,4-6H2,1-3H3/t17-/m1/s1. The predicted octanol–water partition coefficient (Wildman–Crippen LogP) is 3.56. The quantitative estimate of drug-likeness (QED) is 0.921. The van der Waals surface area contributed by atoms with E-state index in [0.29, 0.717) is 23.8 Å². The monoisotopic (exact) mass is 340 g/mol. The number of carbonyl (C=O) groups is 1. The number of ether oxygens (including phenoxy) is 2. The van der Waals surface area contributed by atoms with Crippen molar-refractivity contribution in [1.29, 1.82) is 0 Å². The van der Waals surface area contributed by atoms with Crippen LogP contribution in [0.2, 0.25) is 0 Å². The summed E-state index contributed by atoms with van der Waals surface area (Å²) in [7, 11) is 3.24. The van der Waals surface area contributed by atoms with Crippen LogP contribution in [0.25, 0.3) is 0 Å². The number of fused-ring (bicyclic) bond motifs is 1. The van der Waals surface area contributed by atoms with E-state index in [1.807, 2.05) is 25.1 Å². The van der Waals surface area contributed by atoms with E-state index in [1.165, 1.54) is 0 Å². The van der Waals surface area contributed by atoms with Gasteiger partial charge in [-0.3, -0.25) is 4.79 Å². The average Bonchev–Trinajstić information content (AvgIpc) is 3.00. The van der Waals surface area contributed by atoms with Gasteiger partial charge in [-0.2, -0.15) is 0 Å². The van der Waals surface area contributed by atoms with Crippen LogP contribution in [0.4, 0.5) is 5.88 Å². The molecule has 0 fully saturated rings. The Morgan fingerprint density at radius 1 is 1.24 bits per heavy atom. The number of carbonyl (C=O) groups excluding carboxylic acids is 1. The molecule has 0 saturated heterocycles. The van der Waals surface area contributed by atoms with Crippen LogP contribution in [0.3, 0.4) is 0 Å². The number of aromatic nitrogens is 1. The molecule has 0 amide bonds. The van der Waals surface area contributed by atoms with Crippen molar-refractivity contribution < 1.29 is 18.8 Å². The number of Topliss-reactive ketones (excluding diaryl/α,β-unsaturated/α-hetero) is 1. The highest BCUT2D eigenvalue weighted by atomic mass is 16.5. The van der Waals surface area contributed by atoms with Gasteiger partial charge in [0.15, 0.2) is 5.78 Å². The molecule has 2 heterocycles. The number of allylic oxidation sites excluding steroid dienone is 2. The number of aryl methyl sites for hydroxylation is 1. The van der Waals surface area contributed by atoms with Crippen LogP contribution >= 0.6 is 0 Å². The van der Waals surface area contributed by atoms with Gasteiger partial charge in [0, 0.05) is 29.3 Å². The summed E-state index contributed by atoms with van der Waals surface area (Å²) in [5.41, 5.74) is 4.32. The van der Waals surface area contributed by atoms with Gasteiger partial charge in [-0.05, 0) is 25.8 Å². The summed E-state index contributed by atoms with van der Waals surface area (Å²) in [6.45, 7) is 1.89. The Balaban J connectivity index is 1.95. The van der Waals surface area contributed by atoms with Crippen molar-refractivity contribution in [1.82, 2.24) is 5.16 Å². The Labute approximate surface area is 145 Å². The maximum Gasteiger partial charge on any atom is 0.233 e. The summed E-state index contributed by atoms with van der Waals surface area (Å²) in [6.07, 6.45) is 2.24. The number of rotatable bonds is 3. The molecule has 6 heteroatoms. The van der Waals surface area contributed by atoms with Gasteiger partial charge in [0.2, 0.25) is 5.88 Å². The number of anilines is 1. The molecule has 1 aliphatic heterocycles. The molecule has 1 aliphatic carbocycles. The van der Waals surface area contributed by atoms with Crippen molar-refractivity contribution in [2.24, 2.45) is 0 Å². The number of methoxy groups -OCH3 is 2. The van der Waals surface area contributed by atoms with Crippen molar-refractivity contribution in [2.75, 3.05) is 19.5 Å². The van der Waals surface area contributed by atoms with E-state index in [9.17, 15) is 4.79 Å². The highest BCUT2D eigenvalue weighted by molar-refractivity contribution is 6.01. The third-order valence-electron chi connectivity index (χ3n) is 4.96. The lowest BCUT2D eigenvalue weighted by Gasteiger charge is -2.31. The zero-order chi connectivity index (χ0) is 17.6. The number of benzene rings is 1. The molecule has 1 aromatic carbocycles. The Hall–Kier alpha value is -2.76. The summed E-state index contributed by atoms with van der Waals surface area (Å²) in [4.78, 5) is 12.8. The second kappa shape index (κ2) is 5.95. The van der Waals surface area contributed by atoms with E-state index in [4.69, 9.17) is 14.0 Å². The molecule has 2 aliphatic rings. The lowest BCUT2D eigenvalue weighted by molar-refractivity contribution is -0.116. The van der Waals surface area contributed by atoms with Crippen molar-refractivity contribution in [3.63, 3.8) is 0 Å². The van der Waals surface area contributed by atoms with Crippen LogP contribution in [0, 0.1) is 6.92 Å². The lowest BCUT2D eigenvalue weighted by atomic mass is 9.76. The minimum Gasteiger partial charge on any atom is -0.497 e. The van der Waals surface area contributed by atoms with Crippen LogP contribution in [0.15, 0.2) is 34.0 Å². The number of ketones is 1. The molecule has 1 atom stereocenters. The van der Waals surface area contributed by atoms with Gasteiger partial charge in [0.1, 0.15) is 11.5 Å². The molecule has 6 nitrogen and oxygen atoms in total. The van der Waals surface area contributed by atoms with Gasteiger partial charge in [-0.15, -0.1) is 0 Å². The minimum absolute atomic E-state index is 0.169. The summed E-state index contributed by atoms with van der Waals surface area (Å²) in [5, 5.41) is 7.38. The Bertz CT molecular complexity index is 882. The second-order valence-corrected chi connectivity index (χ2v) is 6.35. The normalized spacial score (nSPS) is 19.2. The maximum atomic E-state index is 12.8. The Kier molecular flexibility index (Phi) is 3.75. The molecule has 2 aromatic rings. The van der Waals surface area contributed by atoms with Gasteiger partial charge >= 0.3 is 0 Å². The fourth-order valence-electron chi connectivity index (χ4n) is 3.78. The van der Waals surface area contributed by atoms with Crippen LogP contribution in [0.5, 0.6) is 11.5 Å². The first-order chi connectivity index (χ1) is 12.1.